The first kappa shape index (κ1) is 16.7. The van der Waals surface area contributed by atoms with Crippen molar-refractivity contribution in [2.24, 2.45) is 4.99 Å². The van der Waals surface area contributed by atoms with Gasteiger partial charge in [-0.05, 0) is 37.3 Å². The number of aliphatic imine (C=N–C) groups is 1. The van der Waals surface area contributed by atoms with Crippen LogP contribution in [-0.2, 0) is 0 Å². The van der Waals surface area contributed by atoms with E-state index in [1.807, 2.05) is 18.2 Å². The SMILES string of the molecule is C[C@H]1N=C(c2ccccc2F)c2cc(Br)ccc2-n2cnc(C(=O)O)c21. The van der Waals surface area contributed by atoms with E-state index in [0.29, 0.717) is 28.2 Å². The Morgan fingerprint density at radius 1 is 1.23 bits per heavy atom. The third-order valence-corrected chi connectivity index (χ3v) is 4.82. The molecule has 0 spiro atoms. The van der Waals surface area contributed by atoms with E-state index in [-0.39, 0.29) is 11.5 Å². The zero-order valence-corrected chi connectivity index (χ0v) is 15.2. The average Bonchev–Trinajstić information content (AvgIpc) is 3.01. The largest absolute Gasteiger partial charge is 0.476 e. The number of hydrogen-bond acceptors (Lipinski definition) is 3. The molecule has 7 heteroatoms. The van der Waals surface area contributed by atoms with E-state index < -0.39 is 12.0 Å². The number of imidazole rings is 1. The Morgan fingerprint density at radius 2 is 2.00 bits per heavy atom. The minimum atomic E-state index is -1.12. The minimum absolute atomic E-state index is 0.0510. The van der Waals surface area contributed by atoms with Crippen LogP contribution in [-0.4, -0.2) is 26.3 Å². The third kappa shape index (κ3) is 2.55. The highest BCUT2D eigenvalue weighted by molar-refractivity contribution is 9.10. The fourth-order valence-electron chi connectivity index (χ4n) is 3.21. The number of nitrogens with zero attached hydrogens (tertiary/aromatic N) is 3. The highest BCUT2D eigenvalue weighted by atomic mass is 79.9. The van der Waals surface area contributed by atoms with E-state index >= 15 is 0 Å². The van der Waals surface area contributed by atoms with Gasteiger partial charge >= 0.3 is 5.97 Å². The number of fused-ring (bicyclic) bond motifs is 3. The van der Waals surface area contributed by atoms with Crippen molar-refractivity contribution in [3.05, 3.63) is 81.6 Å². The molecule has 0 radical (unpaired) electrons. The lowest BCUT2D eigenvalue weighted by molar-refractivity contribution is 0.0689. The van der Waals surface area contributed by atoms with Crippen LogP contribution in [0.5, 0.6) is 0 Å². The van der Waals surface area contributed by atoms with Gasteiger partial charge < -0.3 is 5.11 Å². The van der Waals surface area contributed by atoms with Crippen LogP contribution in [0.25, 0.3) is 5.69 Å². The zero-order chi connectivity index (χ0) is 18.4. The van der Waals surface area contributed by atoms with Gasteiger partial charge in [0.1, 0.15) is 12.1 Å². The fraction of sp³-hybridized carbons (Fsp3) is 0.105. The Morgan fingerprint density at radius 3 is 2.73 bits per heavy atom. The maximum atomic E-state index is 14.5. The Bertz CT molecular complexity index is 1070. The van der Waals surface area contributed by atoms with Gasteiger partial charge in [-0.25, -0.2) is 14.2 Å². The molecule has 0 fully saturated rings. The zero-order valence-electron chi connectivity index (χ0n) is 13.6. The Balaban J connectivity index is 2.07. The summed E-state index contributed by atoms with van der Waals surface area (Å²) in [6, 6.07) is 11.4. The van der Waals surface area contributed by atoms with Crippen LogP contribution in [0.15, 0.2) is 58.3 Å². The predicted octanol–water partition coefficient (Wildman–Crippen LogP) is 4.38. The van der Waals surface area contributed by atoms with E-state index in [4.69, 9.17) is 0 Å². The number of carboxylic acids is 1. The normalized spacial score (nSPS) is 15.7. The van der Waals surface area contributed by atoms with E-state index in [0.717, 1.165) is 4.47 Å². The van der Waals surface area contributed by atoms with Crippen molar-refractivity contribution in [1.29, 1.82) is 0 Å². The van der Waals surface area contributed by atoms with Gasteiger partial charge in [0.15, 0.2) is 5.69 Å². The summed E-state index contributed by atoms with van der Waals surface area (Å²) in [5.41, 5.74) is 2.66. The summed E-state index contributed by atoms with van der Waals surface area (Å²) in [7, 11) is 0. The molecule has 4 rings (SSSR count). The number of benzene rings is 2. The second-order valence-corrected chi connectivity index (χ2v) is 6.86. The number of aromatic carboxylic acids is 1. The van der Waals surface area contributed by atoms with Gasteiger partial charge in [0.05, 0.1) is 23.1 Å². The molecule has 1 aliphatic heterocycles. The number of halogens is 2. The van der Waals surface area contributed by atoms with Gasteiger partial charge in [-0.15, -0.1) is 0 Å². The summed E-state index contributed by atoms with van der Waals surface area (Å²) in [4.78, 5) is 20.3. The smallest absolute Gasteiger partial charge is 0.356 e. The second-order valence-electron chi connectivity index (χ2n) is 5.95. The number of aromatic nitrogens is 2. The molecule has 1 aliphatic rings. The van der Waals surface area contributed by atoms with Crippen molar-refractivity contribution in [1.82, 2.24) is 9.55 Å². The highest BCUT2D eigenvalue weighted by Crippen LogP contribution is 2.34. The number of carbonyl (C=O) groups is 1. The summed E-state index contributed by atoms with van der Waals surface area (Å²) in [6.07, 6.45) is 1.47. The molecule has 130 valence electrons. The van der Waals surface area contributed by atoms with Gasteiger partial charge in [-0.3, -0.25) is 9.56 Å². The topological polar surface area (TPSA) is 67.5 Å². The van der Waals surface area contributed by atoms with Gasteiger partial charge in [-0.2, -0.15) is 0 Å². The molecule has 5 nitrogen and oxygen atoms in total. The Hall–Kier alpha value is -2.80. The highest BCUT2D eigenvalue weighted by Gasteiger charge is 2.29. The molecule has 26 heavy (non-hydrogen) atoms. The van der Waals surface area contributed by atoms with Crippen LogP contribution >= 0.6 is 15.9 Å². The van der Waals surface area contributed by atoms with Crippen molar-refractivity contribution in [3.8, 4) is 5.69 Å². The summed E-state index contributed by atoms with van der Waals surface area (Å²) in [6.45, 7) is 1.78. The molecule has 2 aromatic carbocycles. The lowest BCUT2D eigenvalue weighted by Gasteiger charge is -2.12. The number of rotatable bonds is 2. The Labute approximate surface area is 157 Å². The maximum absolute atomic E-state index is 14.5. The van der Waals surface area contributed by atoms with E-state index in [9.17, 15) is 14.3 Å². The maximum Gasteiger partial charge on any atom is 0.356 e. The van der Waals surface area contributed by atoms with Gasteiger partial charge in [0.25, 0.3) is 0 Å². The molecule has 3 aromatic rings. The van der Waals surface area contributed by atoms with Crippen LogP contribution in [0.2, 0.25) is 0 Å². The molecule has 0 unspecified atom stereocenters. The lowest BCUT2D eigenvalue weighted by Crippen LogP contribution is -2.09. The molecule has 0 aliphatic carbocycles. The summed E-state index contributed by atoms with van der Waals surface area (Å²) in [5, 5.41) is 9.47. The van der Waals surface area contributed by atoms with E-state index in [1.54, 1.807) is 29.7 Å². The summed E-state index contributed by atoms with van der Waals surface area (Å²) >= 11 is 3.45. The summed E-state index contributed by atoms with van der Waals surface area (Å²) in [5.74, 6) is -1.50. The molecule has 0 saturated carbocycles. The van der Waals surface area contributed by atoms with Gasteiger partial charge in [0.2, 0.25) is 0 Å². The van der Waals surface area contributed by atoms with Crippen molar-refractivity contribution in [3.63, 3.8) is 0 Å². The third-order valence-electron chi connectivity index (χ3n) is 4.33. The van der Waals surface area contributed by atoms with Crippen molar-refractivity contribution < 1.29 is 14.3 Å². The molecule has 1 aromatic heterocycles. The first-order valence-electron chi connectivity index (χ1n) is 7.91. The summed E-state index contributed by atoms with van der Waals surface area (Å²) < 4.78 is 17.0. The minimum Gasteiger partial charge on any atom is -0.476 e. The van der Waals surface area contributed by atoms with Crippen LogP contribution in [0.1, 0.15) is 40.3 Å². The number of hydrogen-bond donors (Lipinski definition) is 1. The van der Waals surface area contributed by atoms with Gasteiger partial charge in [-0.1, -0.05) is 28.1 Å². The van der Waals surface area contributed by atoms with E-state index in [1.165, 1.54) is 12.4 Å². The second kappa shape index (κ2) is 6.17. The van der Waals surface area contributed by atoms with Crippen LogP contribution in [0.3, 0.4) is 0 Å². The molecular formula is C19H13BrFN3O2. The number of carboxylic acid groups (broad SMARTS) is 1. The molecular weight excluding hydrogens is 401 g/mol. The lowest BCUT2D eigenvalue weighted by atomic mass is 10.00. The van der Waals surface area contributed by atoms with Crippen LogP contribution < -0.4 is 0 Å². The molecule has 0 bridgehead atoms. The molecule has 0 amide bonds. The quantitative estimate of drug-likeness (QED) is 0.677. The monoisotopic (exact) mass is 413 g/mol. The fourth-order valence-corrected chi connectivity index (χ4v) is 3.58. The first-order chi connectivity index (χ1) is 12.5. The van der Waals surface area contributed by atoms with Crippen LogP contribution in [0, 0.1) is 5.82 Å². The standard InChI is InChI=1S/C19H13BrFN3O2/c1-10-18-17(19(25)26)22-9-24(18)15-7-6-11(20)8-13(15)16(23-10)12-4-2-3-5-14(12)21/h2-10H,1H3,(H,25,26)/t10-/m1/s1. The van der Waals surface area contributed by atoms with E-state index in [2.05, 4.69) is 25.9 Å². The molecule has 1 N–H and O–H groups in total. The van der Waals surface area contributed by atoms with Crippen molar-refractivity contribution in [2.75, 3.05) is 0 Å². The van der Waals surface area contributed by atoms with Crippen molar-refractivity contribution in [2.45, 2.75) is 13.0 Å². The predicted molar refractivity (Wildman–Crippen MR) is 98.7 cm³/mol. The Kier molecular flexibility index (Phi) is 3.96. The van der Waals surface area contributed by atoms with Gasteiger partial charge in [0, 0.05) is 15.6 Å². The molecule has 0 saturated heterocycles. The molecule has 2 heterocycles. The first-order valence-corrected chi connectivity index (χ1v) is 8.70. The van der Waals surface area contributed by atoms with Crippen LogP contribution in [0.4, 0.5) is 4.39 Å². The van der Waals surface area contributed by atoms with Crippen molar-refractivity contribution >= 4 is 27.6 Å². The molecule has 1 atom stereocenters. The average molecular weight is 414 g/mol.